The van der Waals surface area contributed by atoms with Gasteiger partial charge in [0.05, 0.1) is 55.0 Å². The van der Waals surface area contributed by atoms with Gasteiger partial charge in [-0.05, 0) is 19.3 Å². The Balaban J connectivity index is 1.01. The molecule has 1 aliphatic carbocycles. The van der Waals surface area contributed by atoms with Crippen molar-refractivity contribution < 1.29 is 19.1 Å². The van der Waals surface area contributed by atoms with E-state index in [1.54, 1.807) is 6.08 Å². The molecule has 11 atom stereocenters. The van der Waals surface area contributed by atoms with Crippen molar-refractivity contribution in [3.05, 3.63) is 11.1 Å². The number of nitrogens with two attached hydrogens (primary N) is 2. The standard InChI is InChI=1S/C27H45N9O4S2/c28-16-3-1-2-4-17(16)33-27-34-25(21(24(29)38)26-30-13-31-36(26)27)32-14-9-19(41-12-14)15-11-40-22-18(37)10-20(42-23(15)22)35-5-7-39-8-6-35/h10,14-17,19,21-23,25-27,30-34H,1-9,11-13,28H2,(H2,29,38)/t14?,15?,16-,17+,19?,21?,22?,23?,25?,26?,27?/m1/s1. The van der Waals surface area contributed by atoms with E-state index < -0.39 is 5.92 Å². The van der Waals surface area contributed by atoms with E-state index in [1.165, 1.54) is 12.8 Å². The van der Waals surface area contributed by atoms with Crippen LogP contribution in [0, 0.1) is 11.8 Å². The van der Waals surface area contributed by atoms with Crippen LogP contribution in [-0.4, -0.2) is 120 Å². The number of ketones is 1. The van der Waals surface area contributed by atoms with Crippen molar-refractivity contribution in [2.45, 2.75) is 85.5 Å². The third kappa shape index (κ3) is 5.87. The average molecular weight is 624 g/mol. The van der Waals surface area contributed by atoms with E-state index >= 15 is 0 Å². The molecule has 0 aromatic carbocycles. The number of fused-ring (bicyclic) bond motifs is 2. The van der Waals surface area contributed by atoms with E-state index in [9.17, 15) is 9.59 Å². The predicted molar refractivity (Wildman–Crippen MR) is 161 cm³/mol. The normalized spacial score (nSPS) is 44.6. The number of nitrogens with zero attached hydrogens (tertiary/aromatic N) is 2. The number of amides is 1. The molecular formula is C27H45N9O4S2. The Morgan fingerprint density at radius 3 is 2.81 bits per heavy atom. The highest BCUT2D eigenvalue weighted by atomic mass is 32.2. The van der Waals surface area contributed by atoms with Gasteiger partial charge in [-0.1, -0.05) is 12.8 Å². The van der Waals surface area contributed by atoms with Gasteiger partial charge < -0.3 is 25.8 Å². The largest absolute Gasteiger partial charge is 0.378 e. The van der Waals surface area contributed by atoms with Crippen LogP contribution in [0.3, 0.4) is 0 Å². The van der Waals surface area contributed by atoms with E-state index in [4.69, 9.17) is 20.9 Å². The summed E-state index contributed by atoms with van der Waals surface area (Å²) in [5, 5.41) is 18.2. The molecule has 0 aromatic heterocycles. The average Bonchev–Trinajstić information content (AvgIpc) is 3.75. The molecule has 6 heterocycles. The maximum absolute atomic E-state index is 13.0. The number of hydrogen-bond donors (Lipinski definition) is 7. The number of rotatable bonds is 7. The number of morpholine rings is 1. The Bertz CT molecular complexity index is 1050. The minimum absolute atomic E-state index is 0.0922. The summed E-state index contributed by atoms with van der Waals surface area (Å²) >= 11 is 3.77. The second kappa shape index (κ2) is 12.8. The number of nitrogens with one attached hydrogen (secondary N) is 5. The van der Waals surface area contributed by atoms with Gasteiger partial charge in [-0.25, -0.2) is 5.43 Å². The highest BCUT2D eigenvalue weighted by molar-refractivity contribution is 8.04. The maximum atomic E-state index is 13.0. The van der Waals surface area contributed by atoms with E-state index in [2.05, 4.69) is 31.6 Å². The van der Waals surface area contributed by atoms with Crippen molar-refractivity contribution >= 4 is 35.2 Å². The molecule has 1 amide bonds. The number of carbonyl (C=O) groups excluding carboxylic acids is 2. The molecule has 42 heavy (non-hydrogen) atoms. The Kier molecular flexibility index (Phi) is 9.05. The summed E-state index contributed by atoms with van der Waals surface area (Å²) in [6.45, 7) is 4.21. The topological polar surface area (TPSA) is 171 Å². The summed E-state index contributed by atoms with van der Waals surface area (Å²) in [5.74, 6) is 0.505. The molecule has 0 radical (unpaired) electrons. The van der Waals surface area contributed by atoms with Crippen LogP contribution in [0.5, 0.6) is 0 Å². The zero-order chi connectivity index (χ0) is 28.8. The number of hydrogen-bond acceptors (Lipinski definition) is 14. The molecule has 9 N–H and O–H groups in total. The summed E-state index contributed by atoms with van der Waals surface area (Å²) < 4.78 is 11.6. The van der Waals surface area contributed by atoms with Crippen molar-refractivity contribution in [3.8, 4) is 0 Å². The zero-order valence-corrected chi connectivity index (χ0v) is 25.5. The lowest BCUT2D eigenvalue weighted by atomic mass is 9.90. The van der Waals surface area contributed by atoms with E-state index in [1.807, 2.05) is 28.5 Å². The number of carbonyl (C=O) groups is 2. The second-order valence-corrected chi connectivity index (χ2v) is 15.0. The van der Waals surface area contributed by atoms with Crippen LogP contribution in [0.1, 0.15) is 32.1 Å². The van der Waals surface area contributed by atoms with Crippen LogP contribution in [0.4, 0.5) is 0 Å². The van der Waals surface area contributed by atoms with Crippen LogP contribution in [0.25, 0.3) is 0 Å². The lowest BCUT2D eigenvalue weighted by Gasteiger charge is -2.48. The van der Waals surface area contributed by atoms with Crippen molar-refractivity contribution in [3.63, 3.8) is 0 Å². The van der Waals surface area contributed by atoms with Gasteiger partial charge >= 0.3 is 0 Å². The van der Waals surface area contributed by atoms with Gasteiger partial charge in [-0.15, -0.1) is 11.8 Å². The van der Waals surface area contributed by atoms with Gasteiger partial charge in [0, 0.05) is 54.2 Å². The Morgan fingerprint density at radius 2 is 2.00 bits per heavy atom. The predicted octanol–water partition coefficient (Wildman–Crippen LogP) is -1.81. The molecule has 234 valence electrons. The maximum Gasteiger partial charge on any atom is 0.226 e. The first-order chi connectivity index (χ1) is 20.5. The van der Waals surface area contributed by atoms with E-state index in [0.29, 0.717) is 31.7 Å². The van der Waals surface area contributed by atoms with Gasteiger partial charge in [-0.3, -0.25) is 30.9 Å². The molecular weight excluding hydrogens is 578 g/mol. The Morgan fingerprint density at radius 1 is 1.17 bits per heavy atom. The molecule has 0 bridgehead atoms. The minimum atomic E-state index is -0.464. The monoisotopic (exact) mass is 623 g/mol. The molecule has 5 saturated heterocycles. The number of thioether (sulfide) groups is 2. The highest BCUT2D eigenvalue weighted by Gasteiger charge is 2.52. The number of primary amides is 1. The van der Waals surface area contributed by atoms with Crippen molar-refractivity contribution in [1.29, 1.82) is 0 Å². The molecule has 15 heteroatoms. The molecule has 13 nitrogen and oxygen atoms in total. The van der Waals surface area contributed by atoms with Gasteiger partial charge in [0.1, 0.15) is 12.4 Å². The SMILES string of the molecule is NC(=O)C1C(NC2CSC(C3COC4C(=O)C=C(N5CCOCC5)SC43)C2)NC(N[C@H]2CCCC[C@H]2N)N2NCNC12. The third-order valence-corrected chi connectivity index (χ3v) is 13.0. The van der Waals surface area contributed by atoms with Crippen molar-refractivity contribution in [2.75, 3.05) is 45.3 Å². The third-order valence-electron chi connectivity index (χ3n) is 9.94. The fraction of sp³-hybridized carbons (Fsp3) is 0.852. The Hall–Kier alpha value is -0.980. The fourth-order valence-electron chi connectivity index (χ4n) is 7.69. The molecule has 0 aromatic rings. The molecule has 6 aliphatic heterocycles. The van der Waals surface area contributed by atoms with Gasteiger partial charge in [0.15, 0.2) is 5.78 Å². The lowest BCUT2D eigenvalue weighted by molar-refractivity contribution is -0.132. The number of hydrazine groups is 1. The molecule has 7 aliphatic rings. The smallest absolute Gasteiger partial charge is 0.226 e. The summed E-state index contributed by atoms with van der Waals surface area (Å²) in [7, 11) is 0. The fourth-order valence-corrected chi connectivity index (χ4v) is 10.9. The first-order valence-electron chi connectivity index (χ1n) is 15.5. The van der Waals surface area contributed by atoms with Crippen molar-refractivity contribution in [1.82, 2.24) is 36.6 Å². The second-order valence-electron chi connectivity index (χ2n) is 12.5. The van der Waals surface area contributed by atoms with Crippen LogP contribution < -0.4 is 38.2 Å². The zero-order valence-electron chi connectivity index (χ0n) is 23.9. The van der Waals surface area contributed by atoms with Gasteiger partial charge in [0.25, 0.3) is 0 Å². The molecule has 7 rings (SSSR count). The van der Waals surface area contributed by atoms with E-state index in [-0.39, 0.29) is 65.7 Å². The summed E-state index contributed by atoms with van der Waals surface area (Å²) in [4.78, 5) is 28.1. The molecule has 0 spiro atoms. The quantitative estimate of drug-likeness (QED) is 0.169. The molecule has 6 fully saturated rings. The summed E-state index contributed by atoms with van der Waals surface area (Å²) in [6.07, 6.45) is 6.03. The summed E-state index contributed by atoms with van der Waals surface area (Å²) in [5.41, 5.74) is 15.8. The minimum Gasteiger partial charge on any atom is -0.378 e. The highest BCUT2D eigenvalue weighted by Crippen LogP contribution is 2.47. The van der Waals surface area contributed by atoms with Gasteiger partial charge in [-0.2, -0.15) is 16.8 Å². The Labute approximate surface area is 255 Å². The molecule has 9 unspecified atom stereocenters. The molecule has 1 saturated carbocycles. The van der Waals surface area contributed by atoms with Crippen LogP contribution in [0.2, 0.25) is 0 Å². The van der Waals surface area contributed by atoms with Crippen LogP contribution in [0.15, 0.2) is 11.1 Å². The first-order valence-corrected chi connectivity index (χ1v) is 17.5. The van der Waals surface area contributed by atoms with Crippen LogP contribution in [-0.2, 0) is 19.1 Å². The van der Waals surface area contributed by atoms with Crippen molar-refractivity contribution in [2.24, 2.45) is 23.3 Å². The first kappa shape index (κ1) is 29.7. The van der Waals surface area contributed by atoms with Gasteiger partial charge in [0.2, 0.25) is 5.91 Å². The summed E-state index contributed by atoms with van der Waals surface area (Å²) in [6, 6.07) is 0.525. The van der Waals surface area contributed by atoms with E-state index in [0.717, 1.165) is 43.1 Å². The lowest BCUT2D eigenvalue weighted by Crippen LogP contribution is -2.77. The van der Waals surface area contributed by atoms with Crippen LogP contribution >= 0.6 is 23.5 Å². The number of ether oxygens (including phenoxy) is 2.